The van der Waals surface area contributed by atoms with Gasteiger partial charge in [-0.2, -0.15) is 0 Å². The highest BCUT2D eigenvalue weighted by Gasteiger charge is 2.19. The number of likely N-dealkylation sites (tertiary alicyclic amines) is 1. The number of nitrogens with one attached hydrogen (secondary N) is 1. The van der Waals surface area contributed by atoms with Crippen molar-refractivity contribution in [1.82, 2.24) is 10.2 Å². The Balaban J connectivity index is 1.60. The highest BCUT2D eigenvalue weighted by Crippen LogP contribution is 2.14. The lowest BCUT2D eigenvalue weighted by Gasteiger charge is -2.31. The Morgan fingerprint density at radius 1 is 1.27 bits per heavy atom. The maximum absolute atomic E-state index is 5.49. The van der Waals surface area contributed by atoms with Crippen LogP contribution in [0.25, 0.3) is 0 Å². The second kappa shape index (κ2) is 5.83. The second-order valence-corrected chi connectivity index (χ2v) is 5.07. The summed E-state index contributed by atoms with van der Waals surface area (Å²) in [7, 11) is 2.21. The van der Waals surface area contributed by atoms with Crippen LogP contribution >= 0.6 is 0 Å². The van der Waals surface area contributed by atoms with Crippen LogP contribution in [0.4, 0.5) is 0 Å². The fraction of sp³-hybridized carbons (Fsp3) is 1.00. The van der Waals surface area contributed by atoms with Crippen molar-refractivity contribution in [2.45, 2.75) is 31.7 Å². The van der Waals surface area contributed by atoms with Gasteiger partial charge in [0.05, 0.1) is 6.61 Å². The molecule has 1 unspecified atom stereocenters. The summed E-state index contributed by atoms with van der Waals surface area (Å²) >= 11 is 0. The van der Waals surface area contributed by atoms with E-state index in [1.165, 1.54) is 38.8 Å². The molecule has 2 saturated heterocycles. The predicted octanol–water partition coefficient (Wildman–Crippen LogP) is 1.10. The third-order valence-corrected chi connectivity index (χ3v) is 3.67. The number of ether oxygens (including phenoxy) is 1. The molecule has 88 valence electrons. The first kappa shape index (κ1) is 11.4. The second-order valence-electron chi connectivity index (χ2n) is 5.07. The van der Waals surface area contributed by atoms with Crippen LogP contribution in [0.3, 0.4) is 0 Å². The molecule has 0 radical (unpaired) electrons. The van der Waals surface area contributed by atoms with Crippen molar-refractivity contribution >= 4 is 0 Å². The molecule has 0 saturated carbocycles. The van der Waals surface area contributed by atoms with Gasteiger partial charge in [0.25, 0.3) is 0 Å². The summed E-state index contributed by atoms with van der Waals surface area (Å²) in [4.78, 5) is 2.42. The van der Waals surface area contributed by atoms with Crippen LogP contribution < -0.4 is 5.32 Å². The minimum Gasteiger partial charge on any atom is -0.381 e. The summed E-state index contributed by atoms with van der Waals surface area (Å²) in [5, 5.41) is 3.71. The number of nitrogens with zero attached hydrogens (tertiary/aromatic N) is 1. The Kier molecular flexibility index (Phi) is 4.42. The largest absolute Gasteiger partial charge is 0.381 e. The molecular weight excluding hydrogens is 188 g/mol. The maximum Gasteiger partial charge on any atom is 0.0506 e. The maximum atomic E-state index is 5.49. The monoisotopic (exact) mass is 212 g/mol. The lowest BCUT2D eigenvalue weighted by atomic mass is 10.00. The molecule has 0 aromatic heterocycles. The highest BCUT2D eigenvalue weighted by molar-refractivity contribution is 4.77. The number of hydrogen-bond donors (Lipinski definition) is 1. The first-order valence-corrected chi connectivity index (χ1v) is 6.34. The van der Waals surface area contributed by atoms with E-state index in [0.717, 1.165) is 31.7 Å². The molecule has 1 atom stereocenters. The molecule has 0 bridgehead atoms. The minimum absolute atomic E-state index is 0.753. The van der Waals surface area contributed by atoms with Crippen LogP contribution in [-0.2, 0) is 4.74 Å². The number of hydrogen-bond acceptors (Lipinski definition) is 3. The Hall–Kier alpha value is -0.120. The minimum atomic E-state index is 0.753. The zero-order valence-corrected chi connectivity index (χ0v) is 9.87. The van der Waals surface area contributed by atoms with Gasteiger partial charge in [-0.1, -0.05) is 0 Å². The molecular formula is C12H24N2O. The summed E-state index contributed by atoms with van der Waals surface area (Å²) < 4.78 is 5.49. The lowest BCUT2D eigenvalue weighted by Crippen LogP contribution is -2.43. The molecule has 2 heterocycles. The van der Waals surface area contributed by atoms with Crippen molar-refractivity contribution in [2.24, 2.45) is 5.92 Å². The molecule has 0 aliphatic carbocycles. The van der Waals surface area contributed by atoms with E-state index in [1.807, 2.05) is 0 Å². The molecule has 15 heavy (non-hydrogen) atoms. The van der Waals surface area contributed by atoms with Gasteiger partial charge in [0, 0.05) is 19.2 Å². The van der Waals surface area contributed by atoms with Crippen LogP contribution in [-0.4, -0.2) is 50.8 Å². The van der Waals surface area contributed by atoms with Gasteiger partial charge < -0.3 is 15.0 Å². The van der Waals surface area contributed by atoms with Crippen LogP contribution in [0.1, 0.15) is 25.7 Å². The average Bonchev–Trinajstić information content (AvgIpc) is 2.30. The normalized spacial score (nSPS) is 30.6. The molecule has 3 nitrogen and oxygen atoms in total. The van der Waals surface area contributed by atoms with Crippen molar-refractivity contribution < 1.29 is 4.74 Å². The Morgan fingerprint density at radius 3 is 2.73 bits per heavy atom. The third kappa shape index (κ3) is 3.74. The van der Waals surface area contributed by atoms with Gasteiger partial charge in [-0.15, -0.1) is 0 Å². The summed E-state index contributed by atoms with van der Waals surface area (Å²) in [5.41, 5.74) is 0. The molecule has 0 amide bonds. The fourth-order valence-corrected chi connectivity index (χ4v) is 2.51. The zero-order chi connectivity index (χ0) is 10.5. The van der Waals surface area contributed by atoms with E-state index in [0.29, 0.717) is 0 Å². The van der Waals surface area contributed by atoms with Crippen LogP contribution in [0, 0.1) is 5.92 Å². The number of piperidine rings is 1. The van der Waals surface area contributed by atoms with Crippen molar-refractivity contribution in [3.8, 4) is 0 Å². The average molecular weight is 212 g/mol. The van der Waals surface area contributed by atoms with E-state index in [9.17, 15) is 0 Å². The van der Waals surface area contributed by atoms with Crippen LogP contribution in [0.2, 0.25) is 0 Å². The SMILES string of the molecule is CN1CCC(NCC2CCCOC2)CC1. The Bertz CT molecular complexity index is 172. The molecule has 0 aromatic rings. The predicted molar refractivity (Wildman–Crippen MR) is 62.1 cm³/mol. The van der Waals surface area contributed by atoms with Crippen molar-refractivity contribution in [3.05, 3.63) is 0 Å². The van der Waals surface area contributed by atoms with E-state index in [4.69, 9.17) is 4.74 Å². The van der Waals surface area contributed by atoms with Crippen molar-refractivity contribution in [2.75, 3.05) is 39.9 Å². The van der Waals surface area contributed by atoms with Gasteiger partial charge in [0.15, 0.2) is 0 Å². The van der Waals surface area contributed by atoms with Gasteiger partial charge in [-0.3, -0.25) is 0 Å². The lowest BCUT2D eigenvalue weighted by molar-refractivity contribution is 0.0527. The van der Waals surface area contributed by atoms with Gasteiger partial charge in [0.2, 0.25) is 0 Å². The fourth-order valence-electron chi connectivity index (χ4n) is 2.51. The molecule has 3 heteroatoms. The molecule has 2 rings (SSSR count). The first-order valence-electron chi connectivity index (χ1n) is 6.34. The molecule has 0 aromatic carbocycles. The van der Waals surface area contributed by atoms with Crippen LogP contribution in [0.5, 0.6) is 0 Å². The van der Waals surface area contributed by atoms with E-state index in [2.05, 4.69) is 17.3 Å². The van der Waals surface area contributed by atoms with Gasteiger partial charge in [-0.25, -0.2) is 0 Å². The molecule has 0 spiro atoms. The van der Waals surface area contributed by atoms with Gasteiger partial charge in [0.1, 0.15) is 0 Å². The van der Waals surface area contributed by atoms with Crippen LogP contribution in [0.15, 0.2) is 0 Å². The Morgan fingerprint density at radius 2 is 2.07 bits per heavy atom. The standard InChI is InChI=1S/C12H24N2O/c1-14-6-4-12(5-7-14)13-9-11-3-2-8-15-10-11/h11-13H,2-10H2,1H3. The zero-order valence-electron chi connectivity index (χ0n) is 9.87. The Labute approximate surface area is 93.2 Å². The number of rotatable bonds is 3. The smallest absolute Gasteiger partial charge is 0.0506 e. The summed E-state index contributed by atoms with van der Waals surface area (Å²) in [6.45, 7) is 5.61. The van der Waals surface area contributed by atoms with Crippen molar-refractivity contribution in [3.63, 3.8) is 0 Å². The molecule has 2 aliphatic heterocycles. The molecule has 2 fully saturated rings. The molecule has 2 aliphatic rings. The molecule has 1 N–H and O–H groups in total. The quantitative estimate of drug-likeness (QED) is 0.758. The van der Waals surface area contributed by atoms with Gasteiger partial charge in [-0.05, 0) is 51.7 Å². The summed E-state index contributed by atoms with van der Waals surface area (Å²) in [5.74, 6) is 0.762. The van der Waals surface area contributed by atoms with E-state index >= 15 is 0 Å². The topological polar surface area (TPSA) is 24.5 Å². The van der Waals surface area contributed by atoms with Crippen molar-refractivity contribution in [1.29, 1.82) is 0 Å². The first-order chi connectivity index (χ1) is 7.34. The van der Waals surface area contributed by atoms with E-state index in [-0.39, 0.29) is 0 Å². The highest BCUT2D eigenvalue weighted by atomic mass is 16.5. The van der Waals surface area contributed by atoms with E-state index in [1.54, 1.807) is 0 Å². The summed E-state index contributed by atoms with van der Waals surface area (Å²) in [6, 6.07) is 0.753. The van der Waals surface area contributed by atoms with Gasteiger partial charge >= 0.3 is 0 Å². The summed E-state index contributed by atoms with van der Waals surface area (Å²) in [6.07, 6.45) is 5.22. The van der Waals surface area contributed by atoms with E-state index < -0.39 is 0 Å². The third-order valence-electron chi connectivity index (χ3n) is 3.67.